The van der Waals surface area contributed by atoms with Crippen LogP contribution in [0.4, 0.5) is 8.78 Å². The SMILES string of the molecule is Cc1ncc(CN(C)C(=O)C(F)F)s1. The van der Waals surface area contributed by atoms with E-state index in [0.717, 1.165) is 14.8 Å². The number of nitrogens with zero attached hydrogens (tertiary/aromatic N) is 2. The van der Waals surface area contributed by atoms with Crippen LogP contribution in [0.5, 0.6) is 0 Å². The number of rotatable bonds is 3. The second-order valence-corrected chi connectivity index (χ2v) is 4.16. The van der Waals surface area contributed by atoms with Crippen molar-refractivity contribution in [1.82, 2.24) is 9.88 Å². The number of carbonyl (C=O) groups excluding carboxylic acids is 1. The fraction of sp³-hybridized carbons (Fsp3) is 0.500. The van der Waals surface area contributed by atoms with Gasteiger partial charge in [0.05, 0.1) is 11.6 Å². The van der Waals surface area contributed by atoms with E-state index < -0.39 is 12.3 Å². The third-order valence-corrected chi connectivity index (χ3v) is 2.52. The molecule has 0 aliphatic rings. The molecule has 1 heterocycles. The van der Waals surface area contributed by atoms with Crippen LogP contribution in [0.2, 0.25) is 0 Å². The Morgan fingerprint density at radius 3 is 2.79 bits per heavy atom. The zero-order valence-corrected chi connectivity index (χ0v) is 8.65. The molecule has 0 unspecified atom stereocenters. The molecule has 6 heteroatoms. The van der Waals surface area contributed by atoms with Crippen LogP contribution < -0.4 is 0 Å². The molecule has 0 saturated heterocycles. The van der Waals surface area contributed by atoms with E-state index >= 15 is 0 Å². The van der Waals surface area contributed by atoms with Crippen molar-refractivity contribution in [2.45, 2.75) is 19.9 Å². The number of hydrogen-bond donors (Lipinski definition) is 0. The summed E-state index contributed by atoms with van der Waals surface area (Å²) < 4.78 is 24.0. The van der Waals surface area contributed by atoms with Gasteiger partial charge < -0.3 is 4.90 Å². The average molecular weight is 220 g/mol. The van der Waals surface area contributed by atoms with Crippen LogP contribution in [0, 0.1) is 6.92 Å². The molecule has 0 radical (unpaired) electrons. The van der Waals surface area contributed by atoms with Gasteiger partial charge in [0.25, 0.3) is 5.91 Å². The fourth-order valence-corrected chi connectivity index (χ4v) is 1.81. The van der Waals surface area contributed by atoms with Gasteiger partial charge in [0, 0.05) is 18.1 Å². The topological polar surface area (TPSA) is 33.2 Å². The number of aromatic nitrogens is 1. The van der Waals surface area contributed by atoms with Gasteiger partial charge >= 0.3 is 6.43 Å². The second kappa shape index (κ2) is 4.45. The van der Waals surface area contributed by atoms with Crippen molar-refractivity contribution in [2.24, 2.45) is 0 Å². The van der Waals surface area contributed by atoms with E-state index in [4.69, 9.17) is 0 Å². The maximum Gasteiger partial charge on any atom is 0.315 e. The number of aryl methyl sites for hydroxylation is 1. The monoisotopic (exact) mass is 220 g/mol. The normalized spacial score (nSPS) is 10.6. The number of amides is 1. The number of alkyl halides is 2. The molecule has 1 aromatic heterocycles. The third-order valence-electron chi connectivity index (χ3n) is 1.63. The van der Waals surface area contributed by atoms with Gasteiger partial charge in [-0.2, -0.15) is 8.78 Å². The highest BCUT2D eigenvalue weighted by Gasteiger charge is 2.20. The summed E-state index contributed by atoms with van der Waals surface area (Å²) in [5, 5.41) is 0.859. The minimum Gasteiger partial charge on any atom is -0.336 e. The van der Waals surface area contributed by atoms with Crippen LogP contribution in [0.1, 0.15) is 9.88 Å². The Balaban J connectivity index is 2.57. The number of halogens is 2. The maximum atomic E-state index is 12.0. The summed E-state index contributed by atoms with van der Waals surface area (Å²) in [4.78, 5) is 16.6. The molecule has 0 atom stereocenters. The van der Waals surface area contributed by atoms with Crippen molar-refractivity contribution in [2.75, 3.05) is 7.05 Å². The first kappa shape index (κ1) is 11.0. The summed E-state index contributed by atoms with van der Waals surface area (Å²) in [6, 6.07) is 0. The molecule has 0 fully saturated rings. The first-order chi connectivity index (χ1) is 6.50. The van der Waals surface area contributed by atoms with Crippen LogP contribution in [0.3, 0.4) is 0 Å². The Morgan fingerprint density at radius 2 is 2.36 bits per heavy atom. The Bertz CT molecular complexity index is 327. The van der Waals surface area contributed by atoms with Gasteiger partial charge in [0.2, 0.25) is 0 Å². The molecule has 14 heavy (non-hydrogen) atoms. The van der Waals surface area contributed by atoms with E-state index in [9.17, 15) is 13.6 Å². The molecule has 0 aromatic carbocycles. The van der Waals surface area contributed by atoms with Gasteiger partial charge in [0.15, 0.2) is 0 Å². The summed E-state index contributed by atoms with van der Waals surface area (Å²) in [7, 11) is 1.35. The lowest BCUT2D eigenvalue weighted by Crippen LogP contribution is -2.31. The summed E-state index contributed by atoms with van der Waals surface area (Å²) >= 11 is 1.40. The smallest absolute Gasteiger partial charge is 0.315 e. The van der Waals surface area contributed by atoms with E-state index in [2.05, 4.69) is 4.98 Å². The van der Waals surface area contributed by atoms with E-state index in [0.29, 0.717) is 0 Å². The van der Waals surface area contributed by atoms with E-state index in [1.165, 1.54) is 18.4 Å². The van der Waals surface area contributed by atoms with Gasteiger partial charge in [-0.1, -0.05) is 0 Å². The highest BCUT2D eigenvalue weighted by atomic mass is 32.1. The van der Waals surface area contributed by atoms with Gasteiger partial charge in [-0.3, -0.25) is 4.79 Å². The first-order valence-electron chi connectivity index (χ1n) is 3.95. The number of carbonyl (C=O) groups is 1. The predicted octanol–water partition coefficient (Wildman–Crippen LogP) is 1.68. The lowest BCUT2D eigenvalue weighted by Gasteiger charge is -2.14. The Hall–Kier alpha value is -1.04. The Kier molecular flexibility index (Phi) is 3.51. The Labute approximate surface area is 84.4 Å². The molecule has 0 bridgehead atoms. The molecule has 0 N–H and O–H groups in total. The summed E-state index contributed by atoms with van der Waals surface area (Å²) in [6.07, 6.45) is -1.34. The standard InChI is InChI=1S/C8H10F2N2OS/c1-5-11-3-6(14-5)4-12(2)8(13)7(9)10/h3,7H,4H2,1-2H3. The largest absolute Gasteiger partial charge is 0.336 e. The molecule has 0 spiro atoms. The lowest BCUT2D eigenvalue weighted by molar-refractivity contribution is -0.141. The van der Waals surface area contributed by atoms with Crippen molar-refractivity contribution >= 4 is 17.2 Å². The summed E-state index contributed by atoms with van der Waals surface area (Å²) in [5.41, 5.74) is 0. The Morgan fingerprint density at radius 1 is 1.71 bits per heavy atom. The predicted molar refractivity (Wildman–Crippen MR) is 49.3 cm³/mol. The fourth-order valence-electron chi connectivity index (χ4n) is 0.957. The zero-order chi connectivity index (χ0) is 10.7. The molecule has 0 saturated carbocycles. The number of hydrogen-bond acceptors (Lipinski definition) is 3. The van der Waals surface area contributed by atoms with Crippen molar-refractivity contribution in [3.63, 3.8) is 0 Å². The van der Waals surface area contributed by atoms with Gasteiger partial charge in [-0.15, -0.1) is 11.3 Å². The lowest BCUT2D eigenvalue weighted by atomic mass is 10.4. The highest BCUT2D eigenvalue weighted by Crippen LogP contribution is 2.14. The second-order valence-electron chi connectivity index (χ2n) is 2.84. The first-order valence-corrected chi connectivity index (χ1v) is 4.77. The van der Waals surface area contributed by atoms with Gasteiger partial charge in [-0.05, 0) is 6.92 Å². The molecule has 1 amide bonds. The van der Waals surface area contributed by atoms with E-state index in [1.54, 1.807) is 6.20 Å². The van der Waals surface area contributed by atoms with Crippen LogP contribution in [-0.2, 0) is 11.3 Å². The van der Waals surface area contributed by atoms with Crippen LogP contribution >= 0.6 is 11.3 Å². The number of thiazole rings is 1. The quantitative estimate of drug-likeness (QED) is 0.776. The molecule has 0 aliphatic heterocycles. The molecule has 3 nitrogen and oxygen atoms in total. The minimum atomic E-state index is -2.94. The zero-order valence-electron chi connectivity index (χ0n) is 7.83. The van der Waals surface area contributed by atoms with Gasteiger partial charge in [0.1, 0.15) is 0 Å². The third kappa shape index (κ3) is 2.73. The summed E-state index contributed by atoms with van der Waals surface area (Å²) in [6.45, 7) is 2.01. The molecule has 1 rings (SSSR count). The molecule has 0 aliphatic carbocycles. The molecule has 1 aromatic rings. The van der Waals surface area contributed by atoms with Crippen LogP contribution in [0.15, 0.2) is 6.20 Å². The average Bonchev–Trinajstić information content (AvgIpc) is 2.49. The minimum absolute atomic E-state index is 0.189. The van der Waals surface area contributed by atoms with Crippen molar-refractivity contribution in [1.29, 1.82) is 0 Å². The summed E-state index contributed by atoms with van der Waals surface area (Å²) in [5.74, 6) is -1.16. The van der Waals surface area contributed by atoms with Crippen LogP contribution in [-0.4, -0.2) is 29.3 Å². The molecular formula is C8H10F2N2OS. The van der Waals surface area contributed by atoms with Crippen LogP contribution in [0.25, 0.3) is 0 Å². The van der Waals surface area contributed by atoms with Crippen molar-refractivity contribution < 1.29 is 13.6 Å². The van der Waals surface area contributed by atoms with Crippen molar-refractivity contribution in [3.05, 3.63) is 16.1 Å². The molecule has 78 valence electrons. The maximum absolute atomic E-state index is 12.0. The van der Waals surface area contributed by atoms with Crippen molar-refractivity contribution in [3.8, 4) is 0 Å². The van der Waals surface area contributed by atoms with Gasteiger partial charge in [-0.25, -0.2) is 4.98 Å². The van der Waals surface area contributed by atoms with E-state index in [1.807, 2.05) is 6.92 Å². The highest BCUT2D eigenvalue weighted by molar-refractivity contribution is 7.11. The van der Waals surface area contributed by atoms with E-state index in [-0.39, 0.29) is 6.54 Å². The molecular weight excluding hydrogens is 210 g/mol.